The maximum atomic E-state index is 13.2. The number of carbonyl (C=O) groups excluding carboxylic acids is 1. The highest BCUT2D eigenvalue weighted by Crippen LogP contribution is 2.41. The molecule has 0 saturated heterocycles. The van der Waals surface area contributed by atoms with Crippen molar-refractivity contribution in [1.82, 2.24) is 5.01 Å². The molecule has 0 saturated carbocycles. The predicted octanol–water partition coefficient (Wildman–Crippen LogP) is 5.36. The van der Waals surface area contributed by atoms with Crippen LogP contribution in [0.4, 0.5) is 4.39 Å². The summed E-state index contributed by atoms with van der Waals surface area (Å²) < 4.78 is 18.5. The van der Waals surface area contributed by atoms with E-state index in [1.807, 2.05) is 36.4 Å². The van der Waals surface area contributed by atoms with Gasteiger partial charge in [-0.25, -0.2) is 9.40 Å². The number of amides is 1. The molecule has 6 nitrogen and oxygen atoms in total. The summed E-state index contributed by atoms with van der Waals surface area (Å²) in [7, 11) is 1.61. The molecular formula is C26H20FN3O3S. The van der Waals surface area contributed by atoms with Gasteiger partial charge in [0.05, 0.1) is 23.8 Å². The number of hydrogen-bond donors (Lipinski definition) is 1. The Balaban J connectivity index is 1.48. The minimum atomic E-state index is -0.381. The number of amidine groups is 1. The van der Waals surface area contributed by atoms with Crippen molar-refractivity contribution in [2.75, 3.05) is 7.11 Å². The van der Waals surface area contributed by atoms with Gasteiger partial charge < -0.3 is 9.84 Å². The fraction of sp³-hybridized carbons (Fsp3) is 0.115. The fourth-order valence-corrected chi connectivity index (χ4v) is 4.78. The Morgan fingerprint density at radius 2 is 1.82 bits per heavy atom. The summed E-state index contributed by atoms with van der Waals surface area (Å²) in [5.41, 5.74) is 3.12. The number of ether oxygens (including phenoxy) is 1. The van der Waals surface area contributed by atoms with E-state index in [9.17, 15) is 14.3 Å². The molecule has 0 bridgehead atoms. The summed E-state index contributed by atoms with van der Waals surface area (Å²) >= 11 is 1.21. The van der Waals surface area contributed by atoms with E-state index in [1.165, 1.54) is 23.9 Å². The molecule has 2 heterocycles. The summed E-state index contributed by atoms with van der Waals surface area (Å²) in [6.45, 7) is 0. The van der Waals surface area contributed by atoms with Crippen molar-refractivity contribution in [3.8, 4) is 11.5 Å². The number of hydrazone groups is 1. The molecule has 34 heavy (non-hydrogen) atoms. The van der Waals surface area contributed by atoms with Gasteiger partial charge in [-0.2, -0.15) is 10.1 Å². The monoisotopic (exact) mass is 473 g/mol. The Morgan fingerprint density at radius 1 is 1.09 bits per heavy atom. The lowest BCUT2D eigenvalue weighted by molar-refractivity contribution is -0.113. The highest BCUT2D eigenvalue weighted by molar-refractivity contribution is 8.18. The molecule has 2 aliphatic rings. The number of carbonyl (C=O) groups is 1. The topological polar surface area (TPSA) is 74.5 Å². The largest absolute Gasteiger partial charge is 0.508 e. The van der Waals surface area contributed by atoms with Crippen molar-refractivity contribution in [1.29, 1.82) is 0 Å². The van der Waals surface area contributed by atoms with Crippen LogP contribution in [-0.2, 0) is 4.79 Å². The van der Waals surface area contributed by atoms with Crippen molar-refractivity contribution in [3.63, 3.8) is 0 Å². The van der Waals surface area contributed by atoms with Crippen LogP contribution in [0, 0.1) is 5.82 Å². The first-order valence-electron chi connectivity index (χ1n) is 10.6. The number of hydrogen-bond acceptors (Lipinski definition) is 6. The maximum absolute atomic E-state index is 13.2. The molecule has 1 amide bonds. The molecule has 8 heteroatoms. The number of phenols is 1. The van der Waals surface area contributed by atoms with Crippen molar-refractivity contribution in [3.05, 3.63) is 100 Å². The van der Waals surface area contributed by atoms with Crippen LogP contribution in [-0.4, -0.2) is 34.0 Å². The Kier molecular flexibility index (Phi) is 5.90. The van der Waals surface area contributed by atoms with Gasteiger partial charge in [0.2, 0.25) is 0 Å². The Labute approximate surface area is 200 Å². The zero-order valence-electron chi connectivity index (χ0n) is 18.2. The lowest BCUT2D eigenvalue weighted by atomic mass is 9.98. The first-order chi connectivity index (χ1) is 16.5. The van der Waals surface area contributed by atoms with E-state index in [0.29, 0.717) is 27.6 Å². The van der Waals surface area contributed by atoms with Gasteiger partial charge in [0.1, 0.15) is 17.3 Å². The van der Waals surface area contributed by atoms with E-state index in [-0.39, 0.29) is 23.5 Å². The second-order valence-corrected chi connectivity index (χ2v) is 8.77. The molecule has 0 radical (unpaired) electrons. The predicted molar refractivity (Wildman–Crippen MR) is 131 cm³/mol. The van der Waals surface area contributed by atoms with Crippen LogP contribution in [0.15, 0.2) is 87.8 Å². The number of aromatic hydroxyl groups is 1. The third kappa shape index (κ3) is 4.32. The van der Waals surface area contributed by atoms with Crippen molar-refractivity contribution >= 4 is 34.6 Å². The zero-order chi connectivity index (χ0) is 23.7. The minimum absolute atomic E-state index is 0.153. The van der Waals surface area contributed by atoms with Gasteiger partial charge in [0, 0.05) is 12.0 Å². The van der Waals surface area contributed by atoms with Crippen molar-refractivity contribution < 1.29 is 19.0 Å². The molecule has 0 aromatic heterocycles. The van der Waals surface area contributed by atoms with Gasteiger partial charge in [0.15, 0.2) is 5.17 Å². The average molecular weight is 474 g/mol. The number of thioether (sulfide) groups is 1. The molecule has 1 N–H and O–H groups in total. The van der Waals surface area contributed by atoms with Gasteiger partial charge in [-0.05, 0) is 71.4 Å². The normalized spacial score (nSPS) is 18.9. The van der Waals surface area contributed by atoms with Crippen LogP contribution in [0.2, 0.25) is 0 Å². The van der Waals surface area contributed by atoms with Crippen LogP contribution in [0.25, 0.3) is 6.08 Å². The number of halogens is 1. The quantitative estimate of drug-likeness (QED) is 0.517. The number of benzene rings is 3. The molecule has 5 rings (SSSR count). The van der Waals surface area contributed by atoms with Crippen molar-refractivity contribution in [2.24, 2.45) is 10.1 Å². The molecule has 170 valence electrons. The van der Waals surface area contributed by atoms with E-state index >= 15 is 0 Å². The van der Waals surface area contributed by atoms with E-state index in [4.69, 9.17) is 9.84 Å². The van der Waals surface area contributed by atoms with E-state index in [0.717, 1.165) is 17.0 Å². The Bertz CT molecular complexity index is 1330. The summed E-state index contributed by atoms with van der Waals surface area (Å²) in [5.74, 6) is 0.176. The summed E-state index contributed by atoms with van der Waals surface area (Å²) in [4.78, 5) is 17.3. The highest BCUT2D eigenvalue weighted by Gasteiger charge is 2.37. The molecule has 0 fully saturated rings. The third-order valence-electron chi connectivity index (χ3n) is 5.60. The number of rotatable bonds is 4. The molecule has 0 spiro atoms. The second-order valence-electron chi connectivity index (χ2n) is 7.76. The molecule has 2 aliphatic heterocycles. The number of phenolic OH excluding ortho intramolecular Hbond substituents is 1. The molecule has 3 aromatic rings. The summed E-state index contributed by atoms with van der Waals surface area (Å²) in [6, 6.07) is 20.3. The number of methoxy groups -OCH3 is 1. The molecule has 1 atom stereocenters. The summed E-state index contributed by atoms with van der Waals surface area (Å²) in [5, 5.41) is 17.5. The van der Waals surface area contributed by atoms with Crippen LogP contribution >= 0.6 is 11.8 Å². The molecule has 3 aromatic carbocycles. The van der Waals surface area contributed by atoms with Crippen LogP contribution in [0.5, 0.6) is 11.5 Å². The molecule has 0 aliphatic carbocycles. The minimum Gasteiger partial charge on any atom is -0.508 e. The van der Waals surface area contributed by atoms with Gasteiger partial charge >= 0.3 is 0 Å². The highest BCUT2D eigenvalue weighted by atomic mass is 32.2. The van der Waals surface area contributed by atoms with Gasteiger partial charge in [-0.1, -0.05) is 30.3 Å². The van der Waals surface area contributed by atoms with E-state index in [2.05, 4.69) is 4.99 Å². The number of nitrogens with zero attached hydrogens (tertiary/aromatic N) is 3. The average Bonchev–Trinajstić information content (AvgIpc) is 3.45. The first-order valence-corrected chi connectivity index (χ1v) is 11.4. The van der Waals surface area contributed by atoms with Crippen LogP contribution in [0.1, 0.15) is 29.2 Å². The lowest BCUT2D eigenvalue weighted by Crippen LogP contribution is -2.23. The van der Waals surface area contributed by atoms with E-state index in [1.54, 1.807) is 42.5 Å². The zero-order valence-corrected chi connectivity index (χ0v) is 19.0. The van der Waals surface area contributed by atoms with Gasteiger partial charge in [-0.3, -0.25) is 4.79 Å². The SMILES string of the molecule is COc1ccc(C2=NN(C3=NC(=O)/C(=C/c4ccc(F)cc4)S3)C(c3ccccc3O)C2)cc1. The lowest BCUT2D eigenvalue weighted by Gasteiger charge is -2.23. The standard InChI is InChI=1S/C26H20FN3O3S/c1-33-19-12-8-17(9-13-19)21-15-22(20-4-2-3-5-23(20)31)30(29-21)26-28-25(32)24(34-26)14-16-6-10-18(27)11-7-16/h2-14,22,31H,15H2,1H3/b24-14-. The third-order valence-corrected chi connectivity index (χ3v) is 6.58. The maximum Gasteiger partial charge on any atom is 0.286 e. The smallest absolute Gasteiger partial charge is 0.286 e. The number of para-hydroxylation sites is 1. The summed E-state index contributed by atoms with van der Waals surface area (Å²) in [6.07, 6.45) is 2.21. The van der Waals surface area contributed by atoms with Crippen molar-refractivity contribution in [2.45, 2.75) is 12.5 Å². The van der Waals surface area contributed by atoms with Crippen LogP contribution < -0.4 is 4.74 Å². The molecule has 1 unspecified atom stereocenters. The molecular weight excluding hydrogens is 453 g/mol. The fourth-order valence-electron chi connectivity index (χ4n) is 3.86. The van der Waals surface area contributed by atoms with Crippen LogP contribution in [0.3, 0.4) is 0 Å². The first kappa shape index (κ1) is 21.9. The van der Waals surface area contributed by atoms with E-state index < -0.39 is 0 Å². The van der Waals surface area contributed by atoms with Gasteiger partial charge in [-0.15, -0.1) is 0 Å². The Hall–Kier alpha value is -3.91. The Morgan fingerprint density at radius 3 is 2.53 bits per heavy atom. The van der Waals surface area contributed by atoms with Gasteiger partial charge in [0.25, 0.3) is 5.91 Å². The number of aliphatic imine (C=N–C) groups is 1. The second kappa shape index (κ2) is 9.15.